The van der Waals surface area contributed by atoms with Crippen LogP contribution in [0.4, 0.5) is 5.69 Å². The van der Waals surface area contributed by atoms with Gasteiger partial charge in [0.05, 0.1) is 0 Å². The van der Waals surface area contributed by atoms with E-state index in [9.17, 15) is 4.79 Å². The van der Waals surface area contributed by atoms with Crippen molar-refractivity contribution in [1.29, 1.82) is 0 Å². The third kappa shape index (κ3) is 2.00. The molecular formula is C15H14BrNO2. The molecule has 2 heterocycles. The fourth-order valence-corrected chi connectivity index (χ4v) is 2.90. The first-order valence-electron chi connectivity index (χ1n) is 6.16. The molecule has 1 aliphatic heterocycles. The second-order valence-corrected chi connectivity index (χ2v) is 6.18. The summed E-state index contributed by atoms with van der Waals surface area (Å²) < 4.78 is 5.94. The first-order valence-corrected chi connectivity index (χ1v) is 6.95. The van der Waals surface area contributed by atoms with Crippen molar-refractivity contribution in [3.63, 3.8) is 0 Å². The van der Waals surface area contributed by atoms with Crippen LogP contribution in [0.25, 0.3) is 0 Å². The fraction of sp³-hybridized carbons (Fsp3) is 0.267. The van der Waals surface area contributed by atoms with Gasteiger partial charge in [0, 0.05) is 17.6 Å². The van der Waals surface area contributed by atoms with Crippen LogP contribution in [0.2, 0.25) is 0 Å². The highest BCUT2D eigenvalue weighted by Gasteiger charge is 2.38. The second kappa shape index (κ2) is 4.23. The van der Waals surface area contributed by atoms with Gasteiger partial charge in [0.25, 0.3) is 5.91 Å². The highest BCUT2D eigenvalue weighted by molar-refractivity contribution is 9.10. The van der Waals surface area contributed by atoms with Crippen LogP contribution in [0.3, 0.4) is 0 Å². The minimum atomic E-state index is -0.0938. The molecule has 19 heavy (non-hydrogen) atoms. The lowest BCUT2D eigenvalue weighted by atomic mass is 9.87. The number of carbonyl (C=O) groups excluding carboxylic acids is 1. The average Bonchev–Trinajstić information content (AvgIpc) is 2.92. The monoisotopic (exact) mass is 319 g/mol. The van der Waals surface area contributed by atoms with E-state index in [0.717, 1.165) is 5.69 Å². The third-order valence-corrected chi connectivity index (χ3v) is 3.93. The van der Waals surface area contributed by atoms with Gasteiger partial charge in [-0.3, -0.25) is 4.79 Å². The molecule has 0 fully saturated rings. The largest absolute Gasteiger partial charge is 0.444 e. The van der Waals surface area contributed by atoms with E-state index in [1.807, 2.05) is 18.2 Å². The van der Waals surface area contributed by atoms with Crippen molar-refractivity contribution < 1.29 is 9.21 Å². The lowest BCUT2D eigenvalue weighted by Gasteiger charge is -2.19. The third-order valence-electron chi connectivity index (χ3n) is 3.51. The van der Waals surface area contributed by atoms with Gasteiger partial charge in [0.1, 0.15) is 0 Å². The summed E-state index contributed by atoms with van der Waals surface area (Å²) in [4.78, 5) is 14.3. The number of anilines is 1. The molecule has 4 heteroatoms. The topological polar surface area (TPSA) is 33.5 Å². The average molecular weight is 320 g/mol. The van der Waals surface area contributed by atoms with E-state index in [4.69, 9.17) is 4.42 Å². The number of fused-ring (bicyclic) bond motifs is 1. The normalized spacial score (nSPS) is 16.5. The number of furan rings is 1. The molecule has 0 aliphatic carbocycles. The van der Waals surface area contributed by atoms with E-state index >= 15 is 0 Å². The standard InChI is InChI=1S/C15H14BrNO2/c1-15(2)9-17(11-6-4-3-5-10(11)15)14(18)12-7-8-13(16)19-12/h3-8H,9H2,1-2H3. The Bertz CT molecular complexity index is 645. The summed E-state index contributed by atoms with van der Waals surface area (Å²) in [6.45, 7) is 4.97. The van der Waals surface area contributed by atoms with Gasteiger partial charge in [-0.05, 0) is 39.7 Å². The zero-order valence-corrected chi connectivity index (χ0v) is 12.4. The number of halogens is 1. The van der Waals surface area contributed by atoms with Crippen molar-refractivity contribution >= 4 is 27.5 Å². The first-order chi connectivity index (χ1) is 8.99. The molecule has 3 rings (SSSR count). The zero-order chi connectivity index (χ0) is 13.6. The van der Waals surface area contributed by atoms with Crippen LogP contribution in [0, 0.1) is 0 Å². The van der Waals surface area contributed by atoms with Crippen molar-refractivity contribution in [3.05, 3.63) is 52.4 Å². The molecule has 0 bridgehead atoms. The van der Waals surface area contributed by atoms with E-state index in [-0.39, 0.29) is 11.3 Å². The Kier molecular flexibility index (Phi) is 2.78. The lowest BCUT2D eigenvalue weighted by molar-refractivity contribution is 0.0958. The molecule has 0 N–H and O–H groups in total. The lowest BCUT2D eigenvalue weighted by Crippen LogP contribution is -2.33. The van der Waals surface area contributed by atoms with E-state index < -0.39 is 0 Å². The molecule has 98 valence electrons. The number of hydrogen-bond donors (Lipinski definition) is 0. The minimum absolute atomic E-state index is 0.0317. The Morgan fingerprint density at radius 1 is 1.26 bits per heavy atom. The molecule has 0 saturated heterocycles. The summed E-state index contributed by atoms with van der Waals surface area (Å²) in [6.07, 6.45) is 0. The molecular weight excluding hydrogens is 306 g/mol. The van der Waals surface area contributed by atoms with E-state index in [2.05, 4.69) is 35.8 Å². The minimum Gasteiger partial charge on any atom is -0.444 e. The van der Waals surface area contributed by atoms with Crippen LogP contribution in [0.5, 0.6) is 0 Å². The molecule has 0 atom stereocenters. The molecule has 1 aromatic heterocycles. The van der Waals surface area contributed by atoms with Gasteiger partial charge < -0.3 is 9.32 Å². The molecule has 0 unspecified atom stereocenters. The summed E-state index contributed by atoms with van der Waals surface area (Å²) >= 11 is 3.23. The van der Waals surface area contributed by atoms with Gasteiger partial charge in [-0.25, -0.2) is 0 Å². The number of benzene rings is 1. The SMILES string of the molecule is CC1(C)CN(C(=O)c2ccc(Br)o2)c2ccccc21. The van der Waals surface area contributed by atoms with Crippen LogP contribution in [0.1, 0.15) is 30.0 Å². The summed E-state index contributed by atoms with van der Waals surface area (Å²) in [5.74, 6) is 0.267. The maximum absolute atomic E-state index is 12.5. The Morgan fingerprint density at radius 3 is 2.68 bits per heavy atom. The molecule has 2 aromatic rings. The number of hydrogen-bond acceptors (Lipinski definition) is 2. The summed E-state index contributed by atoms with van der Waals surface area (Å²) in [5, 5.41) is 0. The van der Waals surface area contributed by atoms with Gasteiger partial charge in [0.15, 0.2) is 10.4 Å². The predicted octanol–water partition coefficient (Wildman–Crippen LogP) is 3.98. The number of amides is 1. The number of carbonyl (C=O) groups is 1. The second-order valence-electron chi connectivity index (χ2n) is 5.40. The van der Waals surface area contributed by atoms with Gasteiger partial charge in [0.2, 0.25) is 0 Å². The van der Waals surface area contributed by atoms with Crippen molar-refractivity contribution in [2.45, 2.75) is 19.3 Å². The van der Waals surface area contributed by atoms with Crippen molar-refractivity contribution in [2.24, 2.45) is 0 Å². The molecule has 1 amide bonds. The van der Waals surface area contributed by atoms with Crippen molar-refractivity contribution in [1.82, 2.24) is 0 Å². The maximum Gasteiger partial charge on any atom is 0.294 e. The highest BCUT2D eigenvalue weighted by Crippen LogP contribution is 2.40. The van der Waals surface area contributed by atoms with Crippen LogP contribution in [0.15, 0.2) is 45.5 Å². The first kappa shape index (κ1) is 12.5. The molecule has 0 spiro atoms. The molecule has 3 nitrogen and oxygen atoms in total. The van der Waals surface area contributed by atoms with Gasteiger partial charge in [-0.2, -0.15) is 0 Å². The Hall–Kier alpha value is -1.55. The predicted molar refractivity (Wildman–Crippen MR) is 77.6 cm³/mol. The van der Waals surface area contributed by atoms with E-state index in [1.54, 1.807) is 17.0 Å². The van der Waals surface area contributed by atoms with Crippen LogP contribution in [-0.4, -0.2) is 12.5 Å². The van der Waals surface area contributed by atoms with Crippen molar-refractivity contribution in [2.75, 3.05) is 11.4 Å². The number of nitrogens with zero attached hydrogens (tertiary/aromatic N) is 1. The fourth-order valence-electron chi connectivity index (χ4n) is 2.59. The van der Waals surface area contributed by atoms with Crippen LogP contribution >= 0.6 is 15.9 Å². The van der Waals surface area contributed by atoms with E-state index in [1.165, 1.54) is 5.56 Å². The molecule has 0 saturated carbocycles. The van der Waals surface area contributed by atoms with Gasteiger partial charge in [-0.1, -0.05) is 32.0 Å². The Labute approximate surface area is 120 Å². The smallest absolute Gasteiger partial charge is 0.294 e. The summed E-state index contributed by atoms with van der Waals surface area (Å²) in [6, 6.07) is 11.5. The Morgan fingerprint density at radius 2 is 2.00 bits per heavy atom. The van der Waals surface area contributed by atoms with Crippen molar-refractivity contribution in [3.8, 4) is 0 Å². The highest BCUT2D eigenvalue weighted by atomic mass is 79.9. The number of rotatable bonds is 1. The zero-order valence-electron chi connectivity index (χ0n) is 10.8. The molecule has 1 aliphatic rings. The van der Waals surface area contributed by atoms with E-state index in [0.29, 0.717) is 17.0 Å². The van der Waals surface area contributed by atoms with Crippen LogP contribution in [-0.2, 0) is 5.41 Å². The summed E-state index contributed by atoms with van der Waals surface area (Å²) in [5.41, 5.74) is 2.15. The molecule has 1 aromatic carbocycles. The molecule has 0 radical (unpaired) electrons. The maximum atomic E-state index is 12.5. The summed E-state index contributed by atoms with van der Waals surface area (Å²) in [7, 11) is 0. The number of para-hydroxylation sites is 1. The van der Waals surface area contributed by atoms with Gasteiger partial charge in [-0.15, -0.1) is 0 Å². The quantitative estimate of drug-likeness (QED) is 0.796. The van der Waals surface area contributed by atoms with Gasteiger partial charge >= 0.3 is 0 Å². The van der Waals surface area contributed by atoms with Crippen LogP contribution < -0.4 is 4.90 Å². The Balaban J connectivity index is 2.02.